The second kappa shape index (κ2) is 5.01. The highest BCUT2D eigenvalue weighted by Crippen LogP contribution is 2.09. The van der Waals surface area contributed by atoms with Gasteiger partial charge in [0.1, 0.15) is 0 Å². The average Bonchev–Trinajstić information content (AvgIpc) is 2.40. The first kappa shape index (κ1) is 13.5. The van der Waals surface area contributed by atoms with Crippen LogP contribution in [0, 0.1) is 6.92 Å². The summed E-state index contributed by atoms with van der Waals surface area (Å²) in [4.78, 5) is 24.7. The van der Waals surface area contributed by atoms with Crippen LogP contribution in [0.25, 0.3) is 10.9 Å². The van der Waals surface area contributed by atoms with Crippen LogP contribution in [0.15, 0.2) is 27.8 Å². The molecule has 1 atom stereocenters. The van der Waals surface area contributed by atoms with Gasteiger partial charge < -0.3 is 5.32 Å². The summed E-state index contributed by atoms with van der Waals surface area (Å²) in [5.41, 5.74) is 1.22. The molecule has 5 nitrogen and oxygen atoms in total. The number of nitrogens with zero attached hydrogens (tertiary/aromatic N) is 2. The van der Waals surface area contributed by atoms with Crippen LogP contribution in [-0.2, 0) is 13.6 Å². The highest BCUT2D eigenvalue weighted by Gasteiger charge is 2.12. The minimum Gasteiger partial charge on any atom is -0.315 e. The molecule has 2 aromatic rings. The molecular weight excluding hydrogens is 242 g/mol. The summed E-state index contributed by atoms with van der Waals surface area (Å²) in [6.45, 7) is 4.25. The molecule has 0 saturated heterocycles. The van der Waals surface area contributed by atoms with Gasteiger partial charge in [-0.3, -0.25) is 13.9 Å². The first-order valence-electron chi connectivity index (χ1n) is 6.33. The number of aromatic nitrogens is 2. The summed E-state index contributed by atoms with van der Waals surface area (Å²) in [6, 6.07) is 5.60. The number of benzene rings is 1. The van der Waals surface area contributed by atoms with Crippen molar-refractivity contribution in [1.82, 2.24) is 14.5 Å². The molecule has 0 fully saturated rings. The number of hydrogen-bond acceptors (Lipinski definition) is 3. The molecule has 1 aromatic heterocycles. The highest BCUT2D eigenvalue weighted by atomic mass is 16.2. The van der Waals surface area contributed by atoms with Crippen molar-refractivity contribution in [2.75, 3.05) is 7.05 Å². The zero-order chi connectivity index (χ0) is 14.2. The standard InChI is InChI=1S/C14H19N3O2/c1-9-5-6-11-12(7-9)16(4)14(19)17(13(11)18)8-10(2)15-3/h5-7,10,15H,8H2,1-4H3. The molecule has 0 radical (unpaired) electrons. The van der Waals surface area contributed by atoms with E-state index >= 15 is 0 Å². The number of aryl methyl sites for hydroxylation is 2. The van der Waals surface area contributed by atoms with Crippen molar-refractivity contribution >= 4 is 10.9 Å². The van der Waals surface area contributed by atoms with Gasteiger partial charge in [0, 0.05) is 19.6 Å². The van der Waals surface area contributed by atoms with E-state index in [-0.39, 0.29) is 17.3 Å². The van der Waals surface area contributed by atoms with Crippen LogP contribution in [0.5, 0.6) is 0 Å². The highest BCUT2D eigenvalue weighted by molar-refractivity contribution is 5.78. The second-order valence-corrected chi connectivity index (χ2v) is 4.97. The van der Waals surface area contributed by atoms with E-state index in [1.54, 1.807) is 13.1 Å². The quantitative estimate of drug-likeness (QED) is 0.881. The van der Waals surface area contributed by atoms with E-state index in [4.69, 9.17) is 0 Å². The predicted molar refractivity (Wildman–Crippen MR) is 76.7 cm³/mol. The first-order chi connectivity index (χ1) is 8.95. The minimum atomic E-state index is -0.273. The Labute approximate surface area is 111 Å². The van der Waals surface area contributed by atoms with Crippen molar-refractivity contribution in [2.24, 2.45) is 7.05 Å². The van der Waals surface area contributed by atoms with E-state index < -0.39 is 0 Å². The summed E-state index contributed by atoms with van der Waals surface area (Å²) >= 11 is 0. The number of likely N-dealkylation sites (N-methyl/N-ethyl adjacent to an activating group) is 1. The van der Waals surface area contributed by atoms with Gasteiger partial charge in [0.15, 0.2) is 0 Å². The van der Waals surface area contributed by atoms with Crippen LogP contribution in [0.3, 0.4) is 0 Å². The van der Waals surface area contributed by atoms with E-state index in [0.717, 1.165) is 5.56 Å². The molecule has 1 aromatic carbocycles. The zero-order valence-electron chi connectivity index (χ0n) is 11.7. The lowest BCUT2D eigenvalue weighted by atomic mass is 10.1. The first-order valence-corrected chi connectivity index (χ1v) is 6.33. The van der Waals surface area contributed by atoms with Crippen molar-refractivity contribution in [2.45, 2.75) is 26.4 Å². The molecule has 0 aliphatic rings. The fourth-order valence-corrected chi connectivity index (χ4v) is 2.14. The molecule has 102 valence electrons. The third-order valence-corrected chi connectivity index (χ3v) is 3.46. The summed E-state index contributed by atoms with van der Waals surface area (Å²) in [6.07, 6.45) is 0. The SMILES string of the molecule is CNC(C)Cn1c(=O)c2ccc(C)cc2n(C)c1=O. The van der Waals surface area contributed by atoms with E-state index in [2.05, 4.69) is 5.32 Å². The maximum atomic E-state index is 12.4. The Balaban J connectivity index is 2.78. The lowest BCUT2D eigenvalue weighted by molar-refractivity contribution is 0.483. The maximum Gasteiger partial charge on any atom is 0.331 e. The largest absolute Gasteiger partial charge is 0.331 e. The zero-order valence-corrected chi connectivity index (χ0v) is 11.7. The van der Waals surface area contributed by atoms with Crippen LogP contribution < -0.4 is 16.6 Å². The van der Waals surface area contributed by atoms with Crippen LogP contribution in [-0.4, -0.2) is 22.2 Å². The van der Waals surface area contributed by atoms with Gasteiger partial charge >= 0.3 is 5.69 Å². The second-order valence-electron chi connectivity index (χ2n) is 4.97. The van der Waals surface area contributed by atoms with Gasteiger partial charge in [-0.1, -0.05) is 6.07 Å². The molecule has 1 N–H and O–H groups in total. The summed E-state index contributed by atoms with van der Waals surface area (Å²) in [7, 11) is 3.51. The smallest absolute Gasteiger partial charge is 0.315 e. The predicted octanol–water partition coefficient (Wildman–Crippen LogP) is 0.617. The van der Waals surface area contributed by atoms with Gasteiger partial charge in [0.2, 0.25) is 0 Å². The molecule has 19 heavy (non-hydrogen) atoms. The number of hydrogen-bond donors (Lipinski definition) is 1. The fraction of sp³-hybridized carbons (Fsp3) is 0.429. The maximum absolute atomic E-state index is 12.4. The minimum absolute atomic E-state index is 0.0632. The lowest BCUT2D eigenvalue weighted by Crippen LogP contribution is -2.43. The Kier molecular flexibility index (Phi) is 3.57. The molecule has 1 heterocycles. The Morgan fingerprint density at radius 3 is 2.63 bits per heavy atom. The number of nitrogens with one attached hydrogen (secondary N) is 1. The molecule has 2 rings (SSSR count). The fourth-order valence-electron chi connectivity index (χ4n) is 2.14. The molecule has 0 bridgehead atoms. The third-order valence-electron chi connectivity index (χ3n) is 3.46. The van der Waals surface area contributed by atoms with Gasteiger partial charge in [0.25, 0.3) is 5.56 Å². The lowest BCUT2D eigenvalue weighted by Gasteiger charge is -2.14. The molecule has 0 aliphatic heterocycles. The van der Waals surface area contributed by atoms with Crippen molar-refractivity contribution < 1.29 is 0 Å². The van der Waals surface area contributed by atoms with Gasteiger partial charge in [-0.05, 0) is 38.6 Å². The van der Waals surface area contributed by atoms with Crippen molar-refractivity contribution in [1.29, 1.82) is 0 Å². The van der Waals surface area contributed by atoms with Crippen molar-refractivity contribution in [3.8, 4) is 0 Å². The van der Waals surface area contributed by atoms with Crippen LogP contribution in [0.4, 0.5) is 0 Å². The van der Waals surface area contributed by atoms with Gasteiger partial charge in [-0.2, -0.15) is 0 Å². The van der Waals surface area contributed by atoms with E-state index in [9.17, 15) is 9.59 Å². The average molecular weight is 261 g/mol. The Morgan fingerprint density at radius 1 is 1.32 bits per heavy atom. The Hall–Kier alpha value is -1.88. The molecule has 1 unspecified atom stereocenters. The van der Waals surface area contributed by atoms with E-state index in [1.807, 2.05) is 33.0 Å². The molecule has 0 aliphatic carbocycles. The molecule has 0 saturated carbocycles. The Morgan fingerprint density at radius 2 is 2.00 bits per heavy atom. The molecule has 0 spiro atoms. The van der Waals surface area contributed by atoms with Crippen LogP contribution in [0.2, 0.25) is 0 Å². The summed E-state index contributed by atoms with van der Waals surface area (Å²) < 4.78 is 2.82. The van der Waals surface area contributed by atoms with E-state index in [0.29, 0.717) is 17.4 Å². The van der Waals surface area contributed by atoms with Crippen molar-refractivity contribution in [3.63, 3.8) is 0 Å². The van der Waals surface area contributed by atoms with Gasteiger partial charge in [-0.15, -0.1) is 0 Å². The number of fused-ring (bicyclic) bond motifs is 1. The monoisotopic (exact) mass is 261 g/mol. The summed E-state index contributed by atoms with van der Waals surface area (Å²) in [5, 5.41) is 3.62. The normalized spacial score (nSPS) is 12.8. The topological polar surface area (TPSA) is 56.0 Å². The summed E-state index contributed by atoms with van der Waals surface area (Å²) in [5.74, 6) is 0. The molecular formula is C14H19N3O2. The van der Waals surface area contributed by atoms with Crippen LogP contribution >= 0.6 is 0 Å². The molecule has 0 amide bonds. The van der Waals surface area contributed by atoms with Crippen LogP contribution in [0.1, 0.15) is 12.5 Å². The van der Waals surface area contributed by atoms with Crippen molar-refractivity contribution in [3.05, 3.63) is 44.6 Å². The van der Waals surface area contributed by atoms with E-state index in [1.165, 1.54) is 9.13 Å². The molecule has 5 heteroatoms. The Bertz CT molecular complexity index is 728. The number of rotatable bonds is 3. The third kappa shape index (κ3) is 2.33. The van der Waals surface area contributed by atoms with Gasteiger partial charge in [-0.25, -0.2) is 4.79 Å². The van der Waals surface area contributed by atoms with Gasteiger partial charge in [0.05, 0.1) is 10.9 Å².